The number of ether oxygens (including phenoxy) is 2. The highest BCUT2D eigenvalue weighted by atomic mass is 32.0. The van der Waals surface area contributed by atoms with Gasteiger partial charge < -0.3 is 9.47 Å². The van der Waals surface area contributed by atoms with E-state index in [1.807, 2.05) is 24.3 Å². The van der Waals surface area contributed by atoms with Crippen molar-refractivity contribution in [3.8, 4) is 16.9 Å². The van der Waals surface area contributed by atoms with Gasteiger partial charge in [0.05, 0.1) is 20.6 Å². The second-order valence-corrected chi connectivity index (χ2v) is 6.95. The maximum absolute atomic E-state index is 13.6. The van der Waals surface area contributed by atoms with Crippen molar-refractivity contribution in [2.24, 2.45) is 0 Å². The molecule has 25 heavy (non-hydrogen) atoms. The summed E-state index contributed by atoms with van der Waals surface area (Å²) in [6.07, 6.45) is 1.02. The van der Waals surface area contributed by atoms with Gasteiger partial charge in [0.1, 0.15) is 11.6 Å². The van der Waals surface area contributed by atoms with Crippen molar-refractivity contribution in [2.45, 2.75) is 18.9 Å². The van der Waals surface area contributed by atoms with Gasteiger partial charge in [0.15, 0.2) is 0 Å². The van der Waals surface area contributed by atoms with Crippen LogP contribution in [0.25, 0.3) is 11.1 Å². The molecule has 3 atom stereocenters. The van der Waals surface area contributed by atoms with Crippen LogP contribution in [0.15, 0.2) is 42.5 Å². The molecule has 0 heterocycles. The van der Waals surface area contributed by atoms with E-state index in [0.29, 0.717) is 32.6 Å². The number of hydrogen-bond donors (Lipinski definition) is 1. The molecular formula is C18H22FNO3P2. The normalized spacial score (nSPS) is 12.3. The SMILES string of the molecule is COC(=O)CC(Cc1ccc(-c2cc(F)ccc2OC)cc1)NPP. The standard InChI is InChI=1S/C18H22FNO3P2/c1-22-17-8-7-14(19)10-16(17)13-5-3-12(4-6-13)9-15(20-25-24)11-18(21)23-2/h3-8,10,15,20,25H,9,11,24H2,1-2H3. The van der Waals surface area contributed by atoms with E-state index in [9.17, 15) is 9.18 Å². The van der Waals surface area contributed by atoms with Gasteiger partial charge in [-0.05, 0) is 44.2 Å². The van der Waals surface area contributed by atoms with Crippen molar-refractivity contribution in [1.82, 2.24) is 5.09 Å². The van der Waals surface area contributed by atoms with E-state index in [1.165, 1.54) is 19.2 Å². The number of carbonyl (C=O) groups excluding carboxylic acids is 1. The van der Waals surface area contributed by atoms with Gasteiger partial charge >= 0.3 is 5.97 Å². The molecule has 0 aliphatic rings. The van der Waals surface area contributed by atoms with Crippen molar-refractivity contribution >= 4 is 23.3 Å². The first-order valence-electron chi connectivity index (χ1n) is 7.78. The van der Waals surface area contributed by atoms with Gasteiger partial charge in [0, 0.05) is 11.6 Å². The summed E-state index contributed by atoms with van der Waals surface area (Å²) in [6.45, 7) is 0. The van der Waals surface area contributed by atoms with Gasteiger partial charge in [-0.3, -0.25) is 9.88 Å². The van der Waals surface area contributed by atoms with Gasteiger partial charge in [0.25, 0.3) is 0 Å². The first kappa shape index (κ1) is 19.8. The smallest absolute Gasteiger partial charge is 0.307 e. The molecule has 0 radical (unpaired) electrons. The van der Waals surface area contributed by atoms with E-state index < -0.39 is 0 Å². The highest BCUT2D eigenvalue weighted by Crippen LogP contribution is 2.31. The van der Waals surface area contributed by atoms with Gasteiger partial charge in [-0.25, -0.2) is 4.39 Å². The lowest BCUT2D eigenvalue weighted by atomic mass is 9.99. The third-order valence-electron chi connectivity index (χ3n) is 3.84. The van der Waals surface area contributed by atoms with E-state index in [1.54, 1.807) is 13.2 Å². The molecule has 0 spiro atoms. The maximum Gasteiger partial charge on any atom is 0.307 e. The molecule has 0 bridgehead atoms. The Balaban J connectivity index is 2.16. The molecule has 4 nitrogen and oxygen atoms in total. The molecule has 0 aromatic heterocycles. The lowest BCUT2D eigenvalue weighted by Crippen LogP contribution is -2.27. The molecule has 2 rings (SSSR count). The van der Waals surface area contributed by atoms with Crippen LogP contribution in [0.2, 0.25) is 0 Å². The quantitative estimate of drug-likeness (QED) is 0.556. The second-order valence-electron chi connectivity index (χ2n) is 5.51. The summed E-state index contributed by atoms with van der Waals surface area (Å²) in [4.78, 5) is 11.5. The number of hydrogen-bond acceptors (Lipinski definition) is 4. The minimum atomic E-state index is -0.302. The first-order chi connectivity index (χ1) is 12.1. The van der Waals surface area contributed by atoms with Crippen molar-refractivity contribution < 1.29 is 18.7 Å². The topological polar surface area (TPSA) is 47.6 Å². The zero-order valence-corrected chi connectivity index (χ0v) is 16.4. The van der Waals surface area contributed by atoms with E-state index in [4.69, 9.17) is 9.47 Å². The first-order valence-corrected chi connectivity index (χ1v) is 10.6. The van der Waals surface area contributed by atoms with E-state index in [2.05, 4.69) is 14.0 Å². The number of nitrogens with one attached hydrogen (secondary N) is 1. The lowest BCUT2D eigenvalue weighted by molar-refractivity contribution is -0.141. The molecule has 0 aliphatic heterocycles. The minimum Gasteiger partial charge on any atom is -0.496 e. The van der Waals surface area contributed by atoms with Gasteiger partial charge in [-0.1, -0.05) is 33.2 Å². The molecule has 0 aliphatic carbocycles. The molecule has 2 aromatic carbocycles. The maximum atomic E-state index is 13.6. The van der Waals surface area contributed by atoms with Crippen LogP contribution in [-0.2, 0) is 16.0 Å². The Labute approximate surface area is 151 Å². The van der Waals surface area contributed by atoms with E-state index >= 15 is 0 Å². The number of halogens is 1. The molecule has 2 aromatic rings. The monoisotopic (exact) mass is 381 g/mol. The minimum absolute atomic E-state index is 0.0119. The fourth-order valence-corrected chi connectivity index (χ4v) is 3.73. The van der Waals surface area contributed by atoms with Crippen LogP contribution in [-0.4, -0.2) is 26.2 Å². The summed E-state index contributed by atoms with van der Waals surface area (Å²) in [5, 5.41) is 3.29. The molecule has 0 saturated heterocycles. The third-order valence-corrected chi connectivity index (χ3v) is 4.91. The van der Waals surface area contributed by atoms with Crippen LogP contribution in [0.3, 0.4) is 0 Å². The molecule has 0 fully saturated rings. The van der Waals surface area contributed by atoms with Gasteiger partial charge in [-0.15, -0.1) is 0 Å². The number of rotatable bonds is 8. The Bertz CT molecular complexity index is 710. The highest BCUT2D eigenvalue weighted by Gasteiger charge is 2.14. The second kappa shape index (κ2) is 9.82. The largest absolute Gasteiger partial charge is 0.496 e. The molecular weight excluding hydrogens is 359 g/mol. The van der Waals surface area contributed by atoms with Gasteiger partial charge in [-0.2, -0.15) is 0 Å². The van der Waals surface area contributed by atoms with Crippen molar-refractivity contribution in [3.05, 3.63) is 53.8 Å². The van der Waals surface area contributed by atoms with Crippen molar-refractivity contribution in [2.75, 3.05) is 14.2 Å². The van der Waals surface area contributed by atoms with Crippen LogP contribution in [0.1, 0.15) is 12.0 Å². The summed E-state index contributed by atoms with van der Waals surface area (Å²) in [5.41, 5.74) is 2.68. The summed E-state index contributed by atoms with van der Waals surface area (Å²) in [7, 11) is 6.04. The van der Waals surface area contributed by atoms with Crippen molar-refractivity contribution in [3.63, 3.8) is 0 Å². The Kier molecular flexibility index (Phi) is 7.77. The fraction of sp³-hybridized carbons (Fsp3) is 0.278. The van der Waals surface area contributed by atoms with Crippen LogP contribution in [0.4, 0.5) is 4.39 Å². The lowest BCUT2D eigenvalue weighted by Gasteiger charge is -2.17. The van der Waals surface area contributed by atoms with E-state index in [-0.39, 0.29) is 17.8 Å². The molecule has 3 unspecified atom stereocenters. The molecule has 0 saturated carbocycles. The Morgan fingerprint density at radius 3 is 2.56 bits per heavy atom. The predicted molar refractivity (Wildman–Crippen MR) is 104 cm³/mol. The van der Waals surface area contributed by atoms with Crippen LogP contribution >= 0.6 is 17.3 Å². The average molecular weight is 381 g/mol. The van der Waals surface area contributed by atoms with Crippen LogP contribution < -0.4 is 9.82 Å². The molecule has 134 valence electrons. The summed E-state index contributed by atoms with van der Waals surface area (Å²) < 4.78 is 23.6. The summed E-state index contributed by atoms with van der Waals surface area (Å²) in [6, 6.07) is 12.3. The molecule has 1 N–H and O–H groups in total. The fourth-order valence-electron chi connectivity index (χ4n) is 2.59. The molecule has 0 amide bonds. The van der Waals surface area contributed by atoms with Gasteiger partial charge in [0.2, 0.25) is 0 Å². The summed E-state index contributed by atoms with van der Waals surface area (Å²) >= 11 is 0. The zero-order valence-electron chi connectivity index (χ0n) is 14.2. The third kappa shape index (κ3) is 5.74. The van der Waals surface area contributed by atoms with Crippen molar-refractivity contribution in [1.29, 1.82) is 0 Å². The Morgan fingerprint density at radius 2 is 1.96 bits per heavy atom. The number of carbonyl (C=O) groups is 1. The number of esters is 1. The zero-order chi connectivity index (χ0) is 18.2. The number of benzene rings is 2. The Hall–Kier alpha value is -1.54. The van der Waals surface area contributed by atoms with E-state index in [0.717, 1.165) is 11.1 Å². The highest BCUT2D eigenvalue weighted by molar-refractivity contribution is 8.01. The predicted octanol–water partition coefficient (Wildman–Crippen LogP) is 3.95. The number of methoxy groups -OCH3 is 2. The average Bonchev–Trinajstić information content (AvgIpc) is 2.62. The van der Waals surface area contributed by atoms with Crippen LogP contribution in [0, 0.1) is 5.82 Å². The molecule has 7 heteroatoms. The van der Waals surface area contributed by atoms with Crippen LogP contribution in [0.5, 0.6) is 5.75 Å². The Morgan fingerprint density at radius 1 is 1.24 bits per heavy atom. The summed E-state index contributed by atoms with van der Waals surface area (Å²) in [5.74, 6) is 0.0918.